The highest BCUT2D eigenvalue weighted by Crippen LogP contribution is 2.26. The van der Waals surface area contributed by atoms with E-state index in [1.165, 1.54) is 11.8 Å². The summed E-state index contributed by atoms with van der Waals surface area (Å²) in [5.74, 6) is -0.131. The van der Waals surface area contributed by atoms with Crippen molar-refractivity contribution in [1.82, 2.24) is 15.1 Å². The van der Waals surface area contributed by atoms with Gasteiger partial charge in [0.1, 0.15) is 4.32 Å². The monoisotopic (exact) mass is 239 g/mol. The molecule has 1 fully saturated rings. The van der Waals surface area contributed by atoms with Gasteiger partial charge >= 0.3 is 0 Å². The van der Waals surface area contributed by atoms with E-state index in [9.17, 15) is 4.79 Å². The molecule has 78 valence electrons. The maximum absolute atomic E-state index is 11.4. The van der Waals surface area contributed by atoms with Crippen molar-refractivity contribution in [2.75, 3.05) is 0 Å². The molecule has 15 heavy (non-hydrogen) atoms. The van der Waals surface area contributed by atoms with Crippen LogP contribution in [0.3, 0.4) is 0 Å². The normalized spacial score (nSPS) is 18.7. The first-order chi connectivity index (χ1) is 7.06. The molecule has 0 aliphatic carbocycles. The Morgan fingerprint density at radius 2 is 2.40 bits per heavy atom. The summed E-state index contributed by atoms with van der Waals surface area (Å²) in [5.41, 5.74) is 1.84. The zero-order valence-corrected chi connectivity index (χ0v) is 9.91. The van der Waals surface area contributed by atoms with Gasteiger partial charge in [-0.15, -0.1) is 0 Å². The fraction of sp³-hybridized carbons (Fsp3) is 0.222. The first-order valence-electron chi connectivity index (χ1n) is 4.31. The Hall–Kier alpha value is -1.14. The molecule has 1 saturated heterocycles. The molecule has 1 aliphatic rings. The van der Waals surface area contributed by atoms with E-state index < -0.39 is 0 Å². The van der Waals surface area contributed by atoms with Gasteiger partial charge in [0.15, 0.2) is 0 Å². The van der Waals surface area contributed by atoms with Crippen molar-refractivity contribution >= 4 is 40.3 Å². The van der Waals surface area contributed by atoms with Crippen LogP contribution in [0.2, 0.25) is 0 Å². The molecule has 1 aromatic rings. The Kier molecular flexibility index (Phi) is 2.62. The van der Waals surface area contributed by atoms with Crippen molar-refractivity contribution in [1.29, 1.82) is 0 Å². The summed E-state index contributed by atoms with van der Waals surface area (Å²) in [6.07, 6.45) is 3.68. The number of aromatic nitrogens is 2. The zero-order chi connectivity index (χ0) is 11.0. The van der Waals surface area contributed by atoms with E-state index in [1.807, 2.05) is 26.2 Å². The maximum atomic E-state index is 11.4. The van der Waals surface area contributed by atoms with Gasteiger partial charge < -0.3 is 5.32 Å². The summed E-state index contributed by atoms with van der Waals surface area (Å²) in [6.45, 7) is 1.90. The topological polar surface area (TPSA) is 46.9 Å². The Labute approximate surface area is 96.7 Å². The minimum absolute atomic E-state index is 0.131. The van der Waals surface area contributed by atoms with Crippen LogP contribution < -0.4 is 5.32 Å². The van der Waals surface area contributed by atoms with Crippen LogP contribution in [0.4, 0.5) is 0 Å². The molecule has 1 amide bonds. The Bertz CT molecular complexity index is 476. The first kappa shape index (κ1) is 10.4. The molecule has 0 saturated carbocycles. The minimum atomic E-state index is -0.131. The highest BCUT2D eigenvalue weighted by molar-refractivity contribution is 8.26. The van der Waals surface area contributed by atoms with E-state index in [0.717, 1.165) is 11.3 Å². The summed E-state index contributed by atoms with van der Waals surface area (Å²) in [6, 6.07) is 0. The van der Waals surface area contributed by atoms with Crippen molar-refractivity contribution in [3.8, 4) is 0 Å². The standard InChI is InChI=1S/C9H9N3OS2/c1-5-6(4-12(2)11-5)3-7-8(13)10-9(14)15-7/h3-4H,1-2H3,(H,10,13,14)/b7-3+. The molecule has 0 radical (unpaired) electrons. The summed E-state index contributed by atoms with van der Waals surface area (Å²) >= 11 is 6.18. The summed E-state index contributed by atoms with van der Waals surface area (Å²) in [5, 5.41) is 6.77. The Morgan fingerprint density at radius 1 is 1.67 bits per heavy atom. The van der Waals surface area contributed by atoms with Gasteiger partial charge in [-0.1, -0.05) is 24.0 Å². The van der Waals surface area contributed by atoms with E-state index in [-0.39, 0.29) is 5.91 Å². The molecule has 1 N–H and O–H groups in total. The number of amides is 1. The van der Waals surface area contributed by atoms with E-state index in [1.54, 1.807) is 4.68 Å². The lowest BCUT2D eigenvalue weighted by Crippen LogP contribution is -2.17. The fourth-order valence-electron chi connectivity index (χ4n) is 1.32. The maximum Gasteiger partial charge on any atom is 0.263 e. The highest BCUT2D eigenvalue weighted by Gasteiger charge is 2.22. The van der Waals surface area contributed by atoms with Crippen molar-refractivity contribution in [2.24, 2.45) is 7.05 Å². The van der Waals surface area contributed by atoms with E-state index in [0.29, 0.717) is 9.23 Å². The molecule has 0 bridgehead atoms. The number of carbonyl (C=O) groups excluding carboxylic acids is 1. The Balaban J connectivity index is 2.34. The molecule has 2 heterocycles. The third-order valence-corrected chi connectivity index (χ3v) is 3.14. The molecule has 1 aromatic heterocycles. The third kappa shape index (κ3) is 2.10. The van der Waals surface area contributed by atoms with E-state index in [2.05, 4.69) is 10.4 Å². The van der Waals surface area contributed by atoms with Crippen LogP contribution in [0, 0.1) is 6.92 Å². The quantitative estimate of drug-likeness (QED) is 0.591. The van der Waals surface area contributed by atoms with Gasteiger partial charge in [0.05, 0.1) is 10.6 Å². The molecule has 4 nitrogen and oxygen atoms in total. The highest BCUT2D eigenvalue weighted by atomic mass is 32.2. The number of hydrogen-bond donors (Lipinski definition) is 1. The molecular formula is C9H9N3OS2. The summed E-state index contributed by atoms with van der Waals surface area (Å²) in [4.78, 5) is 12.0. The van der Waals surface area contributed by atoms with Gasteiger partial charge in [-0.3, -0.25) is 9.48 Å². The lowest BCUT2D eigenvalue weighted by Gasteiger charge is -1.90. The number of hydrogen-bond acceptors (Lipinski definition) is 4. The van der Waals surface area contributed by atoms with Crippen LogP contribution in [0.5, 0.6) is 0 Å². The lowest BCUT2D eigenvalue weighted by molar-refractivity contribution is -0.115. The predicted molar refractivity (Wildman–Crippen MR) is 64.3 cm³/mol. The van der Waals surface area contributed by atoms with Crippen LogP contribution in [-0.2, 0) is 11.8 Å². The summed E-state index contributed by atoms with van der Waals surface area (Å²) < 4.78 is 2.23. The lowest BCUT2D eigenvalue weighted by atomic mass is 10.2. The number of nitrogens with zero attached hydrogens (tertiary/aromatic N) is 2. The number of aryl methyl sites for hydroxylation is 2. The van der Waals surface area contributed by atoms with Crippen LogP contribution in [0.1, 0.15) is 11.3 Å². The van der Waals surface area contributed by atoms with Crippen LogP contribution in [-0.4, -0.2) is 20.0 Å². The SMILES string of the molecule is Cc1nn(C)cc1/C=C1/SC(=S)NC1=O. The average Bonchev–Trinajstić information content (AvgIpc) is 2.58. The second kappa shape index (κ2) is 3.79. The molecule has 0 atom stereocenters. The number of thioether (sulfide) groups is 1. The molecule has 6 heteroatoms. The van der Waals surface area contributed by atoms with Crippen LogP contribution >= 0.6 is 24.0 Å². The summed E-state index contributed by atoms with van der Waals surface area (Å²) in [7, 11) is 1.85. The molecule has 0 aromatic carbocycles. The first-order valence-corrected chi connectivity index (χ1v) is 5.54. The number of carbonyl (C=O) groups is 1. The van der Waals surface area contributed by atoms with E-state index in [4.69, 9.17) is 12.2 Å². The minimum Gasteiger partial charge on any atom is -0.307 e. The van der Waals surface area contributed by atoms with Crippen molar-refractivity contribution in [3.05, 3.63) is 22.4 Å². The van der Waals surface area contributed by atoms with Gasteiger partial charge in [0.2, 0.25) is 0 Å². The van der Waals surface area contributed by atoms with Gasteiger partial charge in [-0.2, -0.15) is 5.10 Å². The van der Waals surface area contributed by atoms with Crippen molar-refractivity contribution < 1.29 is 4.79 Å². The number of thiocarbonyl (C=S) groups is 1. The Morgan fingerprint density at radius 3 is 2.87 bits per heavy atom. The molecule has 1 aliphatic heterocycles. The van der Waals surface area contributed by atoms with Crippen molar-refractivity contribution in [2.45, 2.75) is 6.92 Å². The molecule has 0 unspecified atom stereocenters. The molecule has 2 rings (SSSR count). The van der Waals surface area contributed by atoms with Gasteiger partial charge in [0, 0.05) is 18.8 Å². The van der Waals surface area contributed by atoms with Gasteiger partial charge in [0.25, 0.3) is 5.91 Å². The largest absolute Gasteiger partial charge is 0.307 e. The van der Waals surface area contributed by atoms with Gasteiger partial charge in [-0.25, -0.2) is 0 Å². The van der Waals surface area contributed by atoms with Crippen molar-refractivity contribution in [3.63, 3.8) is 0 Å². The molecule has 0 spiro atoms. The fourth-order valence-corrected chi connectivity index (χ4v) is 2.36. The second-order valence-corrected chi connectivity index (χ2v) is 4.91. The predicted octanol–water partition coefficient (Wildman–Crippen LogP) is 1.22. The number of rotatable bonds is 1. The second-order valence-electron chi connectivity index (χ2n) is 3.20. The third-order valence-electron chi connectivity index (χ3n) is 1.98. The van der Waals surface area contributed by atoms with Gasteiger partial charge in [-0.05, 0) is 13.0 Å². The number of nitrogens with one attached hydrogen (secondary N) is 1. The van der Waals surface area contributed by atoms with E-state index >= 15 is 0 Å². The molecular weight excluding hydrogens is 230 g/mol. The zero-order valence-electron chi connectivity index (χ0n) is 8.27. The van der Waals surface area contributed by atoms with Crippen LogP contribution in [0.25, 0.3) is 6.08 Å². The smallest absolute Gasteiger partial charge is 0.263 e. The van der Waals surface area contributed by atoms with Crippen LogP contribution in [0.15, 0.2) is 11.1 Å². The average molecular weight is 239 g/mol.